The van der Waals surface area contributed by atoms with Crippen molar-refractivity contribution in [2.45, 2.75) is 31.8 Å². The molecule has 1 saturated carbocycles. The van der Waals surface area contributed by atoms with Gasteiger partial charge in [-0.15, -0.1) is 0 Å². The van der Waals surface area contributed by atoms with E-state index in [0.29, 0.717) is 6.04 Å². The molecule has 1 aromatic carbocycles. The highest BCUT2D eigenvalue weighted by Crippen LogP contribution is 2.33. The van der Waals surface area contributed by atoms with E-state index in [0.717, 1.165) is 17.3 Å². The van der Waals surface area contributed by atoms with E-state index in [1.54, 1.807) is 0 Å². The van der Waals surface area contributed by atoms with Crippen LogP contribution in [0.5, 0.6) is 0 Å². The van der Waals surface area contributed by atoms with Gasteiger partial charge in [-0.05, 0) is 44.0 Å². The van der Waals surface area contributed by atoms with E-state index >= 15 is 0 Å². The average Bonchev–Trinajstić information content (AvgIpc) is 2.15. The molecular formula is C13H19ClN2. The summed E-state index contributed by atoms with van der Waals surface area (Å²) in [4.78, 5) is 2.31. The molecule has 2 nitrogen and oxygen atoms in total. The van der Waals surface area contributed by atoms with Crippen LogP contribution in [0.3, 0.4) is 0 Å². The monoisotopic (exact) mass is 238 g/mol. The summed E-state index contributed by atoms with van der Waals surface area (Å²) in [6, 6.07) is 7.02. The van der Waals surface area contributed by atoms with E-state index < -0.39 is 0 Å². The van der Waals surface area contributed by atoms with Crippen molar-refractivity contribution in [3.05, 3.63) is 28.8 Å². The number of nitrogens with zero attached hydrogens (tertiary/aromatic N) is 1. The topological polar surface area (TPSA) is 15.3 Å². The molecule has 0 aromatic heterocycles. The van der Waals surface area contributed by atoms with Gasteiger partial charge in [-0.3, -0.25) is 0 Å². The number of hydrogen-bond donors (Lipinski definition) is 1. The molecule has 1 N–H and O–H groups in total. The molecule has 0 atom stereocenters. The predicted molar refractivity (Wildman–Crippen MR) is 70.3 cm³/mol. The molecular weight excluding hydrogens is 220 g/mol. The van der Waals surface area contributed by atoms with Crippen LogP contribution in [0.15, 0.2) is 18.2 Å². The highest BCUT2D eigenvalue weighted by Gasteiger charge is 2.23. The van der Waals surface area contributed by atoms with Gasteiger partial charge in [0.25, 0.3) is 0 Å². The van der Waals surface area contributed by atoms with E-state index in [1.807, 2.05) is 7.05 Å². The molecule has 0 amide bonds. The van der Waals surface area contributed by atoms with Gasteiger partial charge in [0.05, 0.1) is 10.7 Å². The highest BCUT2D eigenvalue weighted by atomic mass is 35.5. The number of anilines is 1. The first-order valence-corrected chi connectivity index (χ1v) is 6.26. The van der Waals surface area contributed by atoms with Crippen LogP contribution in [0.1, 0.15) is 24.8 Å². The lowest BCUT2D eigenvalue weighted by molar-refractivity contribution is 0.401. The molecule has 0 heterocycles. The van der Waals surface area contributed by atoms with Crippen molar-refractivity contribution in [3.63, 3.8) is 0 Å². The van der Waals surface area contributed by atoms with Crippen LogP contribution in [0.25, 0.3) is 0 Å². The summed E-state index contributed by atoms with van der Waals surface area (Å²) in [6.07, 6.45) is 3.95. The Kier molecular flexibility index (Phi) is 3.72. The lowest BCUT2D eigenvalue weighted by Gasteiger charge is -2.36. The number of hydrogen-bond acceptors (Lipinski definition) is 2. The molecule has 16 heavy (non-hydrogen) atoms. The number of benzene rings is 1. The van der Waals surface area contributed by atoms with E-state index in [-0.39, 0.29) is 0 Å². The largest absolute Gasteiger partial charge is 0.370 e. The summed E-state index contributed by atoms with van der Waals surface area (Å²) in [5.41, 5.74) is 2.39. The van der Waals surface area contributed by atoms with Gasteiger partial charge < -0.3 is 10.2 Å². The third kappa shape index (κ3) is 2.33. The number of nitrogens with one attached hydrogen (secondary N) is 1. The second-order valence-corrected chi connectivity index (χ2v) is 4.92. The summed E-state index contributed by atoms with van der Waals surface area (Å²) >= 11 is 6.32. The molecule has 0 unspecified atom stereocenters. The molecule has 0 spiro atoms. The molecule has 0 radical (unpaired) electrons. The van der Waals surface area contributed by atoms with Gasteiger partial charge in [-0.2, -0.15) is 0 Å². The lowest BCUT2D eigenvalue weighted by Crippen LogP contribution is -2.37. The first-order chi connectivity index (χ1) is 7.72. The smallest absolute Gasteiger partial charge is 0.0642 e. The zero-order valence-electron chi connectivity index (χ0n) is 9.96. The zero-order valence-corrected chi connectivity index (χ0v) is 10.7. The lowest BCUT2D eigenvalue weighted by atomic mass is 9.91. The van der Waals surface area contributed by atoms with Crippen molar-refractivity contribution < 1.29 is 0 Å². The molecule has 0 aliphatic heterocycles. The van der Waals surface area contributed by atoms with Crippen LogP contribution in [0, 0.1) is 0 Å². The third-order valence-electron chi connectivity index (χ3n) is 3.40. The van der Waals surface area contributed by atoms with Crippen molar-refractivity contribution in [2.24, 2.45) is 0 Å². The van der Waals surface area contributed by atoms with Crippen molar-refractivity contribution >= 4 is 17.3 Å². The molecule has 1 aromatic rings. The summed E-state index contributed by atoms with van der Waals surface area (Å²) in [7, 11) is 4.09. The van der Waals surface area contributed by atoms with Gasteiger partial charge in [0.1, 0.15) is 0 Å². The Labute approximate surface area is 103 Å². The standard InChI is InChI=1S/C13H19ClN2/c1-15-9-10-6-7-13(12(14)8-10)16(2)11-4-3-5-11/h6-8,11,15H,3-5,9H2,1-2H3. The van der Waals surface area contributed by atoms with E-state index in [4.69, 9.17) is 11.6 Å². The fraction of sp³-hybridized carbons (Fsp3) is 0.538. The molecule has 1 aliphatic carbocycles. The third-order valence-corrected chi connectivity index (χ3v) is 3.70. The molecule has 0 bridgehead atoms. The van der Waals surface area contributed by atoms with Gasteiger partial charge in [0, 0.05) is 19.6 Å². The normalized spacial score (nSPS) is 15.9. The minimum absolute atomic E-state index is 0.688. The van der Waals surface area contributed by atoms with Crippen LogP contribution < -0.4 is 10.2 Å². The number of rotatable bonds is 4. The molecule has 3 heteroatoms. The SMILES string of the molecule is CNCc1ccc(N(C)C2CCC2)c(Cl)c1. The maximum absolute atomic E-state index is 6.32. The fourth-order valence-electron chi connectivity index (χ4n) is 2.12. The minimum Gasteiger partial charge on any atom is -0.370 e. The van der Waals surface area contributed by atoms with Crippen LogP contribution in [-0.2, 0) is 6.54 Å². The van der Waals surface area contributed by atoms with Crippen molar-refractivity contribution in [3.8, 4) is 0 Å². The molecule has 1 aliphatic rings. The van der Waals surface area contributed by atoms with Crippen LogP contribution in [0.4, 0.5) is 5.69 Å². The van der Waals surface area contributed by atoms with Crippen molar-refractivity contribution in [1.82, 2.24) is 5.32 Å². The summed E-state index contributed by atoms with van der Waals surface area (Å²) < 4.78 is 0. The average molecular weight is 239 g/mol. The second kappa shape index (κ2) is 5.07. The molecule has 1 fully saturated rings. The van der Waals surface area contributed by atoms with Gasteiger partial charge in [0.15, 0.2) is 0 Å². The Balaban J connectivity index is 2.14. The Morgan fingerprint density at radius 3 is 2.69 bits per heavy atom. The van der Waals surface area contributed by atoms with E-state index in [9.17, 15) is 0 Å². The molecule has 0 saturated heterocycles. The minimum atomic E-state index is 0.688. The van der Waals surface area contributed by atoms with Crippen molar-refractivity contribution in [2.75, 3.05) is 19.0 Å². The fourth-order valence-corrected chi connectivity index (χ4v) is 2.46. The maximum Gasteiger partial charge on any atom is 0.0642 e. The van der Waals surface area contributed by atoms with Crippen molar-refractivity contribution in [1.29, 1.82) is 0 Å². The maximum atomic E-state index is 6.32. The molecule has 2 rings (SSSR count). The Morgan fingerprint density at radius 1 is 1.44 bits per heavy atom. The van der Waals surface area contributed by atoms with E-state index in [2.05, 4.69) is 35.5 Å². The first kappa shape index (κ1) is 11.7. The summed E-state index contributed by atoms with van der Waals surface area (Å²) in [6.45, 7) is 0.868. The zero-order chi connectivity index (χ0) is 11.5. The first-order valence-electron chi connectivity index (χ1n) is 5.88. The summed E-state index contributed by atoms with van der Waals surface area (Å²) in [5.74, 6) is 0. The number of halogens is 1. The van der Waals surface area contributed by atoms with Gasteiger partial charge in [0.2, 0.25) is 0 Å². The molecule has 88 valence electrons. The Bertz CT molecular complexity index is 361. The highest BCUT2D eigenvalue weighted by molar-refractivity contribution is 6.33. The van der Waals surface area contributed by atoms with Gasteiger partial charge >= 0.3 is 0 Å². The van der Waals surface area contributed by atoms with Crippen LogP contribution in [-0.4, -0.2) is 20.1 Å². The van der Waals surface area contributed by atoms with Crippen LogP contribution in [0.2, 0.25) is 5.02 Å². The van der Waals surface area contributed by atoms with Crippen LogP contribution >= 0.6 is 11.6 Å². The van der Waals surface area contributed by atoms with Gasteiger partial charge in [-0.1, -0.05) is 17.7 Å². The second-order valence-electron chi connectivity index (χ2n) is 4.51. The Hall–Kier alpha value is -0.730. The Morgan fingerprint density at radius 2 is 2.19 bits per heavy atom. The predicted octanol–water partition coefficient (Wildman–Crippen LogP) is 3.05. The quantitative estimate of drug-likeness (QED) is 0.868. The van der Waals surface area contributed by atoms with E-state index in [1.165, 1.54) is 24.8 Å². The van der Waals surface area contributed by atoms with Gasteiger partial charge in [-0.25, -0.2) is 0 Å². The summed E-state index contributed by atoms with van der Waals surface area (Å²) in [5, 5.41) is 4.00.